The zero-order valence-corrected chi connectivity index (χ0v) is 13.2. The van der Waals surface area contributed by atoms with Crippen molar-refractivity contribution < 1.29 is 18.0 Å². The maximum Gasteiger partial charge on any atom is 0.401 e. The van der Waals surface area contributed by atoms with E-state index >= 15 is 0 Å². The Labute approximate surface area is 132 Å². The highest BCUT2D eigenvalue weighted by molar-refractivity contribution is 7.99. The summed E-state index contributed by atoms with van der Waals surface area (Å²) in [6.07, 6.45) is -4.18. The van der Waals surface area contributed by atoms with Crippen LogP contribution in [0.4, 0.5) is 13.2 Å². The predicted molar refractivity (Wildman–Crippen MR) is 81.2 cm³/mol. The number of carbonyl (C=O) groups excluding carboxylic acids is 1. The zero-order valence-electron chi connectivity index (χ0n) is 12.4. The third-order valence-electron chi connectivity index (χ3n) is 3.48. The summed E-state index contributed by atoms with van der Waals surface area (Å²) in [4.78, 5) is 16.5. The number of rotatable bonds is 4. The Morgan fingerprint density at radius 2 is 1.82 bits per heavy atom. The lowest BCUT2D eigenvalue weighted by Crippen LogP contribution is -2.51. The highest BCUT2D eigenvalue weighted by Crippen LogP contribution is 2.24. The number of nitrogens with zero attached hydrogens (tertiary/aromatic N) is 2. The van der Waals surface area contributed by atoms with Gasteiger partial charge in [-0.25, -0.2) is 0 Å². The first kappa shape index (κ1) is 17.1. The molecule has 1 heterocycles. The Balaban J connectivity index is 1.98. The predicted octanol–water partition coefficient (Wildman–Crippen LogP) is 3.12. The molecule has 1 aliphatic rings. The summed E-state index contributed by atoms with van der Waals surface area (Å²) in [5.74, 6) is 0.770. The van der Waals surface area contributed by atoms with Crippen LogP contribution >= 0.6 is 11.8 Å². The molecule has 0 N–H and O–H groups in total. The van der Waals surface area contributed by atoms with E-state index in [1.54, 1.807) is 22.7 Å². The van der Waals surface area contributed by atoms with E-state index in [-0.39, 0.29) is 19.0 Å². The van der Waals surface area contributed by atoms with Gasteiger partial charge in [0.2, 0.25) is 0 Å². The molecule has 122 valence electrons. The molecule has 1 fully saturated rings. The second-order valence-corrected chi connectivity index (χ2v) is 6.42. The molecule has 1 aliphatic heterocycles. The fourth-order valence-electron chi connectivity index (χ4n) is 2.46. The smallest absolute Gasteiger partial charge is 0.336 e. The second-order valence-electron chi connectivity index (χ2n) is 5.11. The average Bonchev–Trinajstić information content (AvgIpc) is 2.47. The summed E-state index contributed by atoms with van der Waals surface area (Å²) in [7, 11) is 0. The van der Waals surface area contributed by atoms with E-state index in [1.165, 1.54) is 4.90 Å². The molecule has 7 heteroatoms. The first-order valence-corrected chi connectivity index (χ1v) is 8.19. The van der Waals surface area contributed by atoms with Gasteiger partial charge in [0.05, 0.1) is 12.1 Å². The molecular formula is C15H19F3N2OS. The minimum Gasteiger partial charge on any atom is -0.336 e. The Bertz CT molecular complexity index is 514. The quantitative estimate of drug-likeness (QED) is 0.792. The van der Waals surface area contributed by atoms with Crippen LogP contribution in [0.1, 0.15) is 17.3 Å². The van der Waals surface area contributed by atoms with Gasteiger partial charge in [0, 0.05) is 31.1 Å². The van der Waals surface area contributed by atoms with Crippen LogP contribution in [-0.4, -0.2) is 60.4 Å². The molecule has 0 unspecified atom stereocenters. The van der Waals surface area contributed by atoms with Crippen LogP contribution in [-0.2, 0) is 0 Å². The van der Waals surface area contributed by atoms with Crippen molar-refractivity contribution in [2.24, 2.45) is 0 Å². The number of alkyl halides is 3. The van der Waals surface area contributed by atoms with Crippen molar-refractivity contribution in [1.29, 1.82) is 0 Å². The molecule has 0 aliphatic carbocycles. The van der Waals surface area contributed by atoms with Gasteiger partial charge in [-0.15, -0.1) is 11.8 Å². The molecule has 0 radical (unpaired) electrons. The monoisotopic (exact) mass is 332 g/mol. The maximum absolute atomic E-state index is 12.6. The van der Waals surface area contributed by atoms with E-state index in [0.29, 0.717) is 18.7 Å². The second kappa shape index (κ2) is 7.37. The Morgan fingerprint density at radius 1 is 1.18 bits per heavy atom. The number of hydrogen-bond donors (Lipinski definition) is 0. The van der Waals surface area contributed by atoms with Gasteiger partial charge in [-0.05, 0) is 17.9 Å². The summed E-state index contributed by atoms with van der Waals surface area (Å²) in [5, 5.41) is 0. The van der Waals surface area contributed by atoms with Crippen molar-refractivity contribution in [2.75, 3.05) is 38.5 Å². The molecule has 2 rings (SSSR count). The van der Waals surface area contributed by atoms with E-state index < -0.39 is 12.7 Å². The van der Waals surface area contributed by atoms with E-state index in [4.69, 9.17) is 0 Å². The Kier molecular flexibility index (Phi) is 5.74. The lowest BCUT2D eigenvalue weighted by molar-refractivity contribution is -0.148. The minimum atomic E-state index is -4.18. The standard InChI is InChI=1S/C15H19F3N2OS/c1-2-22-13-6-4-3-5-12(13)14(21)20-9-7-19(8-10-20)11-15(16,17)18/h3-6H,2,7-11H2,1H3. The molecule has 0 aromatic heterocycles. The van der Waals surface area contributed by atoms with E-state index in [0.717, 1.165) is 10.6 Å². The third-order valence-corrected chi connectivity index (χ3v) is 4.44. The largest absolute Gasteiger partial charge is 0.401 e. The summed E-state index contributed by atoms with van der Waals surface area (Å²) >= 11 is 1.60. The number of benzene rings is 1. The maximum atomic E-state index is 12.6. The molecule has 1 amide bonds. The van der Waals surface area contributed by atoms with Crippen LogP contribution < -0.4 is 0 Å². The normalized spacial score (nSPS) is 16.8. The first-order chi connectivity index (χ1) is 10.4. The molecule has 3 nitrogen and oxygen atoms in total. The number of carbonyl (C=O) groups is 1. The van der Waals surface area contributed by atoms with E-state index in [9.17, 15) is 18.0 Å². The van der Waals surface area contributed by atoms with Crippen LogP contribution in [0.2, 0.25) is 0 Å². The van der Waals surface area contributed by atoms with Gasteiger partial charge < -0.3 is 4.90 Å². The summed E-state index contributed by atoms with van der Waals surface area (Å²) in [6.45, 7) is 2.29. The van der Waals surface area contributed by atoms with Crippen LogP contribution in [0.25, 0.3) is 0 Å². The Hall–Kier alpha value is -1.21. The van der Waals surface area contributed by atoms with Gasteiger partial charge in [-0.3, -0.25) is 9.69 Å². The van der Waals surface area contributed by atoms with E-state index in [1.807, 2.05) is 25.1 Å². The molecule has 0 spiro atoms. The van der Waals surface area contributed by atoms with Gasteiger partial charge in [-0.1, -0.05) is 19.1 Å². The third kappa shape index (κ3) is 4.64. The van der Waals surface area contributed by atoms with Crippen molar-refractivity contribution in [3.63, 3.8) is 0 Å². The van der Waals surface area contributed by atoms with Crippen LogP contribution in [0.5, 0.6) is 0 Å². The van der Waals surface area contributed by atoms with Crippen LogP contribution in [0, 0.1) is 0 Å². The summed E-state index contributed by atoms with van der Waals surface area (Å²) < 4.78 is 37.1. The van der Waals surface area contributed by atoms with Gasteiger partial charge in [0.1, 0.15) is 0 Å². The lowest BCUT2D eigenvalue weighted by Gasteiger charge is -2.35. The van der Waals surface area contributed by atoms with Gasteiger partial charge in [0.25, 0.3) is 5.91 Å². The van der Waals surface area contributed by atoms with Crippen LogP contribution in [0.3, 0.4) is 0 Å². The number of hydrogen-bond acceptors (Lipinski definition) is 3. The van der Waals surface area contributed by atoms with Gasteiger partial charge in [-0.2, -0.15) is 13.2 Å². The number of halogens is 3. The highest BCUT2D eigenvalue weighted by atomic mass is 32.2. The first-order valence-electron chi connectivity index (χ1n) is 7.21. The molecule has 0 atom stereocenters. The van der Waals surface area contributed by atoms with Crippen molar-refractivity contribution in [3.8, 4) is 0 Å². The molecule has 1 aromatic carbocycles. The fraction of sp³-hybridized carbons (Fsp3) is 0.533. The average molecular weight is 332 g/mol. The van der Waals surface area contributed by atoms with E-state index in [2.05, 4.69) is 0 Å². The van der Waals surface area contributed by atoms with Crippen molar-refractivity contribution in [2.45, 2.75) is 18.0 Å². The summed E-state index contributed by atoms with van der Waals surface area (Å²) in [6, 6.07) is 7.38. The molecule has 22 heavy (non-hydrogen) atoms. The Morgan fingerprint density at radius 3 is 2.41 bits per heavy atom. The highest BCUT2D eigenvalue weighted by Gasteiger charge is 2.33. The van der Waals surface area contributed by atoms with Crippen molar-refractivity contribution >= 4 is 17.7 Å². The van der Waals surface area contributed by atoms with Crippen molar-refractivity contribution in [3.05, 3.63) is 29.8 Å². The van der Waals surface area contributed by atoms with Gasteiger partial charge in [0.15, 0.2) is 0 Å². The topological polar surface area (TPSA) is 23.6 Å². The summed E-state index contributed by atoms with van der Waals surface area (Å²) in [5.41, 5.74) is 0.638. The minimum absolute atomic E-state index is 0.0943. The number of amides is 1. The lowest BCUT2D eigenvalue weighted by atomic mass is 10.2. The zero-order chi connectivity index (χ0) is 16.2. The van der Waals surface area contributed by atoms with Crippen molar-refractivity contribution in [1.82, 2.24) is 9.80 Å². The number of piperazine rings is 1. The molecule has 1 saturated heterocycles. The van der Waals surface area contributed by atoms with Gasteiger partial charge >= 0.3 is 6.18 Å². The fourth-order valence-corrected chi connectivity index (χ4v) is 3.25. The van der Waals surface area contributed by atoms with Crippen LogP contribution in [0.15, 0.2) is 29.2 Å². The molecule has 0 saturated carbocycles. The SMILES string of the molecule is CCSc1ccccc1C(=O)N1CCN(CC(F)(F)F)CC1. The molecule has 1 aromatic rings. The molecular weight excluding hydrogens is 313 g/mol. The molecule has 0 bridgehead atoms. The number of thioether (sulfide) groups is 1.